The number of hydrogen-bond acceptors (Lipinski definition) is 5. The predicted octanol–water partition coefficient (Wildman–Crippen LogP) is 4.75. The lowest BCUT2D eigenvalue weighted by atomic mass is 10.1. The number of rotatable bonds is 4. The summed E-state index contributed by atoms with van der Waals surface area (Å²) in [4.78, 5) is 27.5. The van der Waals surface area contributed by atoms with Crippen LogP contribution in [0.5, 0.6) is 5.75 Å². The fraction of sp³-hybridized carbons (Fsp3) is 0.238. The Balaban J connectivity index is 1.46. The molecule has 3 aromatic rings. The second-order valence-electron chi connectivity index (χ2n) is 7.08. The second kappa shape index (κ2) is 8.38. The number of hydrogen-bond donors (Lipinski definition) is 1. The van der Waals surface area contributed by atoms with E-state index in [0.717, 1.165) is 17.8 Å². The maximum absolute atomic E-state index is 12.8. The number of amides is 1. The van der Waals surface area contributed by atoms with Gasteiger partial charge in [0.15, 0.2) is 0 Å². The van der Waals surface area contributed by atoms with Crippen molar-refractivity contribution in [1.29, 1.82) is 0 Å². The van der Waals surface area contributed by atoms with Crippen molar-refractivity contribution in [3.63, 3.8) is 0 Å². The lowest BCUT2D eigenvalue weighted by molar-refractivity contribution is -0.274. The minimum atomic E-state index is -4.83. The Bertz CT molecular complexity index is 1190. The van der Waals surface area contributed by atoms with Gasteiger partial charge in [-0.15, -0.1) is 13.2 Å². The van der Waals surface area contributed by atoms with Crippen LogP contribution in [0.1, 0.15) is 20.9 Å². The molecule has 32 heavy (non-hydrogen) atoms. The highest BCUT2D eigenvalue weighted by molar-refractivity contribution is 9.10. The van der Waals surface area contributed by atoms with Gasteiger partial charge in [-0.05, 0) is 46.3 Å². The molecule has 1 aliphatic heterocycles. The van der Waals surface area contributed by atoms with Crippen molar-refractivity contribution in [1.82, 2.24) is 4.90 Å². The molecule has 1 aromatic heterocycles. The third-order valence-corrected chi connectivity index (χ3v) is 5.88. The lowest BCUT2D eigenvalue weighted by Gasteiger charge is -2.36. The molecule has 0 aliphatic carbocycles. The van der Waals surface area contributed by atoms with Crippen molar-refractivity contribution in [3.8, 4) is 5.75 Å². The van der Waals surface area contributed by atoms with Gasteiger partial charge in [-0.3, -0.25) is 4.79 Å². The maximum atomic E-state index is 12.8. The van der Waals surface area contributed by atoms with Gasteiger partial charge in [0, 0.05) is 43.2 Å². The molecule has 0 radical (unpaired) electrons. The maximum Gasteiger partial charge on any atom is 0.573 e. The van der Waals surface area contributed by atoms with Crippen molar-refractivity contribution in [3.05, 3.63) is 58.3 Å². The minimum absolute atomic E-state index is 0.113. The van der Waals surface area contributed by atoms with E-state index < -0.39 is 18.1 Å². The molecule has 2 aromatic carbocycles. The van der Waals surface area contributed by atoms with Gasteiger partial charge in [-0.25, -0.2) is 4.79 Å². The van der Waals surface area contributed by atoms with Crippen molar-refractivity contribution >= 4 is 44.5 Å². The SMILES string of the molecule is O=C(O)c1cc2c(Br)c(N3CCN(C(=O)c4cccc(OC(F)(F)F)c4)CC3)ccc2o1. The number of aromatic carboxylic acids is 1. The Kier molecular flexibility index (Phi) is 5.76. The van der Waals surface area contributed by atoms with Crippen molar-refractivity contribution in [2.24, 2.45) is 0 Å². The van der Waals surface area contributed by atoms with E-state index in [0.29, 0.717) is 41.6 Å². The van der Waals surface area contributed by atoms with Crippen LogP contribution in [0.15, 0.2) is 51.4 Å². The number of halogens is 4. The molecule has 7 nitrogen and oxygen atoms in total. The topological polar surface area (TPSA) is 83.2 Å². The van der Waals surface area contributed by atoms with Gasteiger partial charge in [0.1, 0.15) is 11.3 Å². The summed E-state index contributed by atoms with van der Waals surface area (Å²) in [6, 6.07) is 9.94. The summed E-state index contributed by atoms with van der Waals surface area (Å²) in [6.45, 7) is 1.69. The van der Waals surface area contributed by atoms with E-state index >= 15 is 0 Å². The molecule has 168 valence electrons. The zero-order chi connectivity index (χ0) is 23.0. The molecule has 1 aliphatic rings. The van der Waals surface area contributed by atoms with Gasteiger partial charge in [-0.1, -0.05) is 6.07 Å². The number of ether oxygens (including phenoxy) is 1. The van der Waals surface area contributed by atoms with Crippen molar-refractivity contribution in [2.45, 2.75) is 6.36 Å². The molecule has 11 heteroatoms. The third kappa shape index (κ3) is 4.52. The summed E-state index contributed by atoms with van der Waals surface area (Å²) in [5.41, 5.74) is 1.37. The average molecular weight is 513 g/mol. The summed E-state index contributed by atoms with van der Waals surface area (Å²) >= 11 is 3.51. The number of anilines is 1. The van der Waals surface area contributed by atoms with Crippen LogP contribution in [0.2, 0.25) is 0 Å². The van der Waals surface area contributed by atoms with Crippen LogP contribution in [0.3, 0.4) is 0 Å². The summed E-state index contributed by atoms with van der Waals surface area (Å²) in [6.07, 6.45) is -4.83. The predicted molar refractivity (Wildman–Crippen MR) is 112 cm³/mol. The van der Waals surface area contributed by atoms with E-state index in [4.69, 9.17) is 9.52 Å². The van der Waals surface area contributed by atoms with Crippen LogP contribution < -0.4 is 9.64 Å². The summed E-state index contributed by atoms with van der Waals surface area (Å²) in [7, 11) is 0. The average Bonchev–Trinajstić information content (AvgIpc) is 3.18. The van der Waals surface area contributed by atoms with Gasteiger partial charge in [0.05, 0.1) is 10.2 Å². The number of furan rings is 1. The Labute approximate surface area is 188 Å². The Hall–Kier alpha value is -3.21. The first-order chi connectivity index (χ1) is 15.1. The zero-order valence-corrected chi connectivity index (χ0v) is 17.9. The first-order valence-electron chi connectivity index (χ1n) is 9.48. The van der Waals surface area contributed by atoms with E-state index in [-0.39, 0.29) is 17.2 Å². The van der Waals surface area contributed by atoms with E-state index in [9.17, 15) is 22.8 Å². The van der Waals surface area contributed by atoms with Crippen LogP contribution in [0.4, 0.5) is 18.9 Å². The highest BCUT2D eigenvalue weighted by Gasteiger charge is 2.31. The fourth-order valence-corrected chi connectivity index (χ4v) is 4.27. The van der Waals surface area contributed by atoms with Crippen molar-refractivity contribution < 1.29 is 37.0 Å². The number of carbonyl (C=O) groups is 2. The number of carbonyl (C=O) groups excluding carboxylic acids is 1. The molecule has 0 unspecified atom stereocenters. The van der Waals surface area contributed by atoms with Gasteiger partial charge < -0.3 is 24.1 Å². The third-order valence-electron chi connectivity index (χ3n) is 5.05. The second-order valence-corrected chi connectivity index (χ2v) is 7.87. The molecule has 0 spiro atoms. The van der Waals surface area contributed by atoms with E-state index in [1.165, 1.54) is 18.2 Å². The van der Waals surface area contributed by atoms with Gasteiger partial charge in [0.2, 0.25) is 5.76 Å². The standard InChI is InChI=1S/C21H16BrF3N2O5/c22-18-14-11-17(20(29)30)31-16(14)5-4-15(18)26-6-8-27(9-7-26)19(28)12-2-1-3-13(10-12)32-21(23,24)25/h1-5,10-11H,6-9H2,(H,29,30). The molecule has 4 rings (SSSR count). The van der Waals surface area contributed by atoms with Crippen molar-refractivity contribution in [2.75, 3.05) is 31.1 Å². The number of carboxylic acids is 1. The lowest BCUT2D eigenvalue weighted by Crippen LogP contribution is -2.48. The molecule has 1 N–H and O–H groups in total. The zero-order valence-electron chi connectivity index (χ0n) is 16.4. The number of piperazine rings is 1. The largest absolute Gasteiger partial charge is 0.573 e. The van der Waals surface area contributed by atoms with Gasteiger partial charge in [0.25, 0.3) is 5.91 Å². The van der Waals surface area contributed by atoms with E-state index in [1.54, 1.807) is 17.0 Å². The normalized spacial score (nSPS) is 14.6. The first-order valence-corrected chi connectivity index (χ1v) is 10.3. The first kappa shape index (κ1) is 22.0. The highest BCUT2D eigenvalue weighted by Crippen LogP contribution is 2.36. The Morgan fingerprint density at radius 3 is 2.44 bits per heavy atom. The van der Waals surface area contributed by atoms with Crippen LogP contribution in [0, 0.1) is 0 Å². The molecule has 0 bridgehead atoms. The number of benzene rings is 2. The molecule has 1 amide bonds. The van der Waals surface area contributed by atoms with Gasteiger partial charge in [-0.2, -0.15) is 0 Å². The Morgan fingerprint density at radius 2 is 1.78 bits per heavy atom. The summed E-state index contributed by atoms with van der Waals surface area (Å²) in [5.74, 6) is -2.15. The minimum Gasteiger partial charge on any atom is -0.475 e. The smallest absolute Gasteiger partial charge is 0.475 e. The number of alkyl halides is 3. The molecule has 1 fully saturated rings. The van der Waals surface area contributed by atoms with E-state index in [1.807, 2.05) is 4.90 Å². The number of nitrogens with zero attached hydrogens (tertiary/aromatic N) is 2. The Morgan fingerprint density at radius 1 is 1.06 bits per heavy atom. The number of fused-ring (bicyclic) bond motifs is 1. The van der Waals surface area contributed by atoms with Crippen LogP contribution in [0.25, 0.3) is 11.0 Å². The fourth-order valence-electron chi connectivity index (χ4n) is 3.58. The molecule has 0 saturated carbocycles. The molecule has 2 heterocycles. The highest BCUT2D eigenvalue weighted by atomic mass is 79.9. The molecular formula is C21H16BrF3N2O5. The van der Waals surface area contributed by atoms with Crippen LogP contribution in [-0.4, -0.2) is 54.4 Å². The number of carboxylic acid groups (broad SMARTS) is 1. The van der Waals surface area contributed by atoms with Crippen LogP contribution in [-0.2, 0) is 0 Å². The van der Waals surface area contributed by atoms with E-state index in [2.05, 4.69) is 20.7 Å². The summed E-state index contributed by atoms with van der Waals surface area (Å²) in [5, 5.41) is 9.75. The monoisotopic (exact) mass is 512 g/mol. The molecular weight excluding hydrogens is 497 g/mol. The molecule has 0 atom stereocenters. The molecule has 1 saturated heterocycles. The quantitative estimate of drug-likeness (QED) is 0.542. The summed E-state index contributed by atoms with van der Waals surface area (Å²) < 4.78 is 47.2. The van der Waals surface area contributed by atoms with Crippen LogP contribution >= 0.6 is 15.9 Å². The van der Waals surface area contributed by atoms with Gasteiger partial charge >= 0.3 is 12.3 Å².